The van der Waals surface area contributed by atoms with Crippen molar-refractivity contribution in [1.82, 2.24) is 0 Å². The normalized spacial score (nSPS) is 8.74. The average Bonchev–Trinajstić information content (AvgIpc) is 2.51. The van der Waals surface area contributed by atoms with Crippen LogP contribution in [0.1, 0.15) is 0 Å². The van der Waals surface area contributed by atoms with Gasteiger partial charge in [0.25, 0.3) is 0 Å². The van der Waals surface area contributed by atoms with Gasteiger partial charge in [0, 0.05) is 0 Å². The first-order valence-corrected chi connectivity index (χ1v) is 7.74. The van der Waals surface area contributed by atoms with E-state index in [4.69, 9.17) is 0 Å². The molecule has 0 aliphatic rings. The minimum absolute atomic E-state index is 0. The second-order valence-corrected chi connectivity index (χ2v) is 6.56. The molecule has 0 aromatic heterocycles. The number of hydrogen-bond acceptors (Lipinski definition) is 0. The molecule has 0 heterocycles. The van der Waals surface area contributed by atoms with Gasteiger partial charge < -0.3 is 37.2 Å². The van der Waals surface area contributed by atoms with Crippen molar-refractivity contribution in [2.75, 3.05) is 0 Å². The van der Waals surface area contributed by atoms with Crippen LogP contribution in [0.4, 0.5) is 0 Å². The summed E-state index contributed by atoms with van der Waals surface area (Å²) in [5, 5.41) is 4.19. The van der Waals surface area contributed by atoms with Crippen molar-refractivity contribution < 1.29 is 56.7 Å². The monoisotopic (exact) mass is 470 g/mol. The third-order valence-corrected chi connectivity index (χ3v) is 5.49. The molecular formula is C18H15Cl3PRh. The van der Waals surface area contributed by atoms with Gasteiger partial charge in [0.2, 0.25) is 0 Å². The summed E-state index contributed by atoms with van der Waals surface area (Å²) < 4.78 is 0. The molecule has 0 aliphatic carbocycles. The van der Waals surface area contributed by atoms with E-state index >= 15 is 0 Å². The zero-order valence-electron chi connectivity index (χ0n) is 12.1. The van der Waals surface area contributed by atoms with Gasteiger partial charge in [-0.3, -0.25) is 0 Å². The molecule has 0 saturated heterocycles. The van der Waals surface area contributed by atoms with Crippen LogP contribution in [0, 0.1) is 0 Å². The largest absolute Gasteiger partial charge is 3.00 e. The van der Waals surface area contributed by atoms with Gasteiger partial charge in [-0.05, 0) is 23.8 Å². The Labute approximate surface area is 170 Å². The molecule has 0 atom stereocenters. The Kier molecular flexibility index (Phi) is 14.0. The average molecular weight is 472 g/mol. The molecule has 0 spiro atoms. The van der Waals surface area contributed by atoms with Crippen molar-refractivity contribution >= 4 is 23.8 Å². The molecule has 122 valence electrons. The Hall–Kier alpha value is -0.417. The maximum atomic E-state index is 2.23. The first-order valence-electron chi connectivity index (χ1n) is 6.40. The molecule has 0 fully saturated rings. The Bertz CT molecular complexity index is 542. The molecule has 5 heteroatoms. The van der Waals surface area contributed by atoms with Gasteiger partial charge in [-0.25, -0.2) is 0 Å². The van der Waals surface area contributed by atoms with E-state index in [9.17, 15) is 0 Å². The van der Waals surface area contributed by atoms with Gasteiger partial charge in [0.15, 0.2) is 0 Å². The standard InChI is InChI=1S/C18H15P.3ClH.Rh/c1-4-10-16(11-5-1)19(17-12-6-2-7-13-17)18-14-8-3-9-15-18;;;;/h1-15H;3*1H;/q;;;;+3/p-3. The van der Waals surface area contributed by atoms with Crippen molar-refractivity contribution in [3.05, 3.63) is 91.0 Å². The van der Waals surface area contributed by atoms with E-state index in [2.05, 4.69) is 91.0 Å². The molecule has 0 aliphatic heterocycles. The maximum absolute atomic E-state index is 2.23. The Morgan fingerprint density at radius 1 is 0.391 bits per heavy atom. The van der Waals surface area contributed by atoms with Gasteiger partial charge in [-0.1, -0.05) is 91.0 Å². The Morgan fingerprint density at radius 3 is 0.826 bits per heavy atom. The summed E-state index contributed by atoms with van der Waals surface area (Å²) in [5.74, 6) is 0. The van der Waals surface area contributed by atoms with Crippen LogP contribution in [0.3, 0.4) is 0 Å². The van der Waals surface area contributed by atoms with Crippen molar-refractivity contribution in [2.24, 2.45) is 0 Å². The molecule has 0 unspecified atom stereocenters. The van der Waals surface area contributed by atoms with Gasteiger partial charge in [-0.15, -0.1) is 0 Å². The molecule has 3 aromatic carbocycles. The fourth-order valence-corrected chi connectivity index (χ4v) is 4.48. The minimum Gasteiger partial charge on any atom is -1.00 e. The second kappa shape index (κ2) is 12.9. The Morgan fingerprint density at radius 2 is 0.609 bits per heavy atom. The first kappa shape index (κ1) is 24.8. The summed E-state index contributed by atoms with van der Waals surface area (Å²) in [6.45, 7) is 0. The summed E-state index contributed by atoms with van der Waals surface area (Å²) in [6, 6.07) is 32.3. The van der Waals surface area contributed by atoms with E-state index in [1.165, 1.54) is 15.9 Å². The molecule has 0 nitrogen and oxygen atoms in total. The molecule has 0 amide bonds. The minimum atomic E-state index is -0.446. The third kappa shape index (κ3) is 6.54. The molecule has 0 bridgehead atoms. The second-order valence-electron chi connectivity index (χ2n) is 4.34. The summed E-state index contributed by atoms with van der Waals surface area (Å²) >= 11 is 0. The van der Waals surface area contributed by atoms with Crippen LogP contribution in [0.15, 0.2) is 91.0 Å². The van der Waals surface area contributed by atoms with E-state index in [0.29, 0.717) is 0 Å². The number of rotatable bonds is 3. The maximum Gasteiger partial charge on any atom is 3.00 e. The molecular weight excluding hydrogens is 456 g/mol. The van der Waals surface area contributed by atoms with Crippen LogP contribution in [0.2, 0.25) is 0 Å². The van der Waals surface area contributed by atoms with Crippen LogP contribution >= 0.6 is 7.92 Å². The van der Waals surface area contributed by atoms with Gasteiger partial charge in [0.05, 0.1) is 0 Å². The topological polar surface area (TPSA) is 0 Å². The molecule has 3 aromatic rings. The fraction of sp³-hybridized carbons (Fsp3) is 0. The zero-order chi connectivity index (χ0) is 12.9. The van der Waals surface area contributed by atoms with Crippen molar-refractivity contribution in [2.45, 2.75) is 0 Å². The number of hydrogen-bond donors (Lipinski definition) is 0. The van der Waals surface area contributed by atoms with E-state index < -0.39 is 7.92 Å². The quantitative estimate of drug-likeness (QED) is 0.264. The van der Waals surface area contributed by atoms with Gasteiger partial charge in [-0.2, -0.15) is 0 Å². The van der Waals surface area contributed by atoms with Gasteiger partial charge in [0.1, 0.15) is 0 Å². The van der Waals surface area contributed by atoms with Gasteiger partial charge >= 0.3 is 19.5 Å². The smallest absolute Gasteiger partial charge is 1.00 e. The predicted molar refractivity (Wildman–Crippen MR) is 85.1 cm³/mol. The van der Waals surface area contributed by atoms with Crippen LogP contribution in [-0.2, 0) is 19.5 Å². The van der Waals surface area contributed by atoms with E-state index in [-0.39, 0.29) is 56.7 Å². The summed E-state index contributed by atoms with van der Waals surface area (Å²) in [5.41, 5.74) is 0. The van der Waals surface area contributed by atoms with E-state index in [1.807, 2.05) is 0 Å². The predicted octanol–water partition coefficient (Wildman–Crippen LogP) is -5.55. The Balaban J connectivity index is 0. The van der Waals surface area contributed by atoms with E-state index in [0.717, 1.165) is 0 Å². The summed E-state index contributed by atoms with van der Waals surface area (Å²) in [6.07, 6.45) is 0. The molecule has 0 N–H and O–H groups in total. The zero-order valence-corrected chi connectivity index (χ0v) is 16.9. The van der Waals surface area contributed by atoms with Crippen molar-refractivity contribution in [1.29, 1.82) is 0 Å². The first-order chi connectivity index (χ1) is 9.45. The van der Waals surface area contributed by atoms with Crippen molar-refractivity contribution in [3.63, 3.8) is 0 Å². The van der Waals surface area contributed by atoms with Crippen LogP contribution in [0.5, 0.6) is 0 Å². The third-order valence-electron chi connectivity index (χ3n) is 3.04. The molecule has 0 saturated carbocycles. The van der Waals surface area contributed by atoms with Crippen LogP contribution in [0.25, 0.3) is 0 Å². The van der Waals surface area contributed by atoms with Crippen LogP contribution in [-0.4, -0.2) is 0 Å². The number of halogens is 3. The molecule has 23 heavy (non-hydrogen) atoms. The van der Waals surface area contributed by atoms with E-state index in [1.54, 1.807) is 0 Å². The number of benzene rings is 3. The van der Waals surface area contributed by atoms with Crippen molar-refractivity contribution in [3.8, 4) is 0 Å². The summed E-state index contributed by atoms with van der Waals surface area (Å²) in [4.78, 5) is 0. The molecule has 3 rings (SSSR count). The fourth-order valence-electron chi connectivity index (χ4n) is 2.18. The van der Waals surface area contributed by atoms with Crippen LogP contribution < -0.4 is 53.1 Å². The summed E-state index contributed by atoms with van der Waals surface area (Å²) in [7, 11) is -0.446. The SMILES string of the molecule is [Cl-].[Cl-].[Cl-].[Rh+3].c1ccc(P(c2ccccc2)c2ccccc2)cc1. The molecule has 0 radical (unpaired) electrons.